The monoisotopic (exact) mass is 355 g/mol. The lowest BCUT2D eigenvalue weighted by molar-refractivity contribution is 0.262. The van der Waals surface area contributed by atoms with E-state index >= 15 is 0 Å². The average Bonchev–Trinajstić information content (AvgIpc) is 2.84. The molecule has 0 N–H and O–H groups in total. The van der Waals surface area contributed by atoms with Crippen LogP contribution in [-0.2, 0) is 5.88 Å². The first-order valence-electron chi connectivity index (χ1n) is 7.31. The van der Waals surface area contributed by atoms with Crippen LogP contribution < -0.4 is 0 Å². The van der Waals surface area contributed by atoms with E-state index in [9.17, 15) is 0 Å². The number of fused-ring (bicyclic) bond motifs is 1. The van der Waals surface area contributed by atoms with Crippen molar-refractivity contribution in [3.63, 3.8) is 0 Å². The highest BCUT2D eigenvalue weighted by molar-refractivity contribution is 9.10. The van der Waals surface area contributed by atoms with E-state index in [0.29, 0.717) is 11.9 Å². The summed E-state index contributed by atoms with van der Waals surface area (Å²) in [7, 11) is 0. The molecule has 108 valence electrons. The molecule has 1 saturated carbocycles. The van der Waals surface area contributed by atoms with Crippen LogP contribution in [0.25, 0.3) is 11.2 Å². The molecule has 0 radical (unpaired) electrons. The van der Waals surface area contributed by atoms with E-state index in [-0.39, 0.29) is 0 Å². The van der Waals surface area contributed by atoms with Crippen molar-refractivity contribution < 1.29 is 0 Å². The van der Waals surface area contributed by atoms with Crippen LogP contribution in [-0.4, -0.2) is 14.5 Å². The molecule has 2 aromatic rings. The molecule has 3 nitrogen and oxygen atoms in total. The fourth-order valence-electron chi connectivity index (χ4n) is 3.35. The quantitative estimate of drug-likeness (QED) is 0.718. The van der Waals surface area contributed by atoms with Crippen LogP contribution in [0.2, 0.25) is 0 Å². The molecule has 0 amide bonds. The fourth-order valence-corrected chi connectivity index (χ4v) is 3.86. The lowest BCUT2D eigenvalue weighted by Gasteiger charge is -2.30. The minimum absolute atomic E-state index is 0.446. The van der Waals surface area contributed by atoms with Gasteiger partial charge in [-0.2, -0.15) is 0 Å². The summed E-state index contributed by atoms with van der Waals surface area (Å²) in [4.78, 5) is 9.23. The molecule has 0 aromatic carbocycles. The Kier molecular flexibility index (Phi) is 4.32. The van der Waals surface area contributed by atoms with E-state index in [1.807, 2.05) is 12.3 Å². The Balaban J connectivity index is 2.04. The summed E-state index contributed by atoms with van der Waals surface area (Å²) < 4.78 is 3.25. The van der Waals surface area contributed by atoms with Crippen molar-refractivity contribution in [2.45, 2.75) is 50.9 Å². The first kappa shape index (κ1) is 14.3. The van der Waals surface area contributed by atoms with Gasteiger partial charge in [0.15, 0.2) is 5.65 Å². The molecule has 0 saturated heterocycles. The Hall–Kier alpha value is -0.610. The van der Waals surface area contributed by atoms with Crippen LogP contribution in [0.15, 0.2) is 16.7 Å². The van der Waals surface area contributed by atoms with Crippen molar-refractivity contribution in [3.8, 4) is 0 Å². The van der Waals surface area contributed by atoms with Crippen LogP contribution in [0.5, 0.6) is 0 Å². The Morgan fingerprint density at radius 3 is 3.05 bits per heavy atom. The number of halogens is 2. The minimum atomic E-state index is 0.446. The first-order chi connectivity index (χ1) is 9.72. The predicted octanol–water partition coefficient (Wildman–Crippen LogP) is 5.07. The zero-order valence-electron chi connectivity index (χ0n) is 11.6. The molecule has 1 fully saturated rings. The van der Waals surface area contributed by atoms with Crippen LogP contribution in [0.4, 0.5) is 0 Å². The second kappa shape index (κ2) is 6.02. The average molecular weight is 357 g/mol. The third-order valence-corrected chi connectivity index (χ3v) is 5.06. The maximum Gasteiger partial charge on any atom is 0.160 e. The van der Waals surface area contributed by atoms with E-state index in [4.69, 9.17) is 11.6 Å². The number of nitrogens with zero attached hydrogens (tertiary/aromatic N) is 3. The summed E-state index contributed by atoms with van der Waals surface area (Å²) >= 11 is 9.57. The van der Waals surface area contributed by atoms with E-state index in [1.165, 1.54) is 32.1 Å². The van der Waals surface area contributed by atoms with Crippen LogP contribution in [0.1, 0.15) is 50.9 Å². The van der Waals surface area contributed by atoms with Gasteiger partial charge in [-0.3, -0.25) is 0 Å². The van der Waals surface area contributed by atoms with Gasteiger partial charge in [0.1, 0.15) is 11.3 Å². The molecule has 5 heteroatoms. The van der Waals surface area contributed by atoms with Gasteiger partial charge in [-0.1, -0.05) is 26.2 Å². The summed E-state index contributed by atoms with van der Waals surface area (Å²) in [5, 5.41) is 0. The Labute approximate surface area is 132 Å². The first-order valence-corrected chi connectivity index (χ1v) is 8.64. The molecule has 2 atom stereocenters. The molecular weight excluding hydrogens is 338 g/mol. The molecule has 1 aliphatic rings. The van der Waals surface area contributed by atoms with Gasteiger partial charge in [0.05, 0.1) is 5.88 Å². The molecule has 2 heterocycles. The summed E-state index contributed by atoms with van der Waals surface area (Å²) in [6.45, 7) is 2.29. The number of imidazole rings is 1. The second-order valence-electron chi connectivity index (χ2n) is 5.62. The van der Waals surface area contributed by atoms with E-state index < -0.39 is 0 Å². The Bertz CT molecular complexity index is 610. The topological polar surface area (TPSA) is 30.7 Å². The van der Waals surface area contributed by atoms with Gasteiger partial charge in [0, 0.05) is 16.7 Å². The zero-order chi connectivity index (χ0) is 14.1. The Morgan fingerprint density at radius 1 is 1.45 bits per heavy atom. The molecule has 1 aliphatic carbocycles. The SMILES string of the molecule is CCC1CCCC(n2c(CCl)nc3cc(Br)cnc32)C1. The Morgan fingerprint density at radius 2 is 2.30 bits per heavy atom. The molecule has 0 spiro atoms. The lowest BCUT2D eigenvalue weighted by Crippen LogP contribution is -2.20. The van der Waals surface area contributed by atoms with Gasteiger partial charge in [-0.05, 0) is 40.8 Å². The molecule has 0 bridgehead atoms. The number of hydrogen-bond donors (Lipinski definition) is 0. The maximum atomic E-state index is 6.11. The van der Waals surface area contributed by atoms with Gasteiger partial charge in [-0.15, -0.1) is 11.6 Å². The van der Waals surface area contributed by atoms with Crippen molar-refractivity contribution in [2.75, 3.05) is 0 Å². The van der Waals surface area contributed by atoms with Gasteiger partial charge in [0.2, 0.25) is 0 Å². The molecule has 20 heavy (non-hydrogen) atoms. The predicted molar refractivity (Wildman–Crippen MR) is 86.1 cm³/mol. The molecule has 2 unspecified atom stereocenters. The van der Waals surface area contributed by atoms with Crippen molar-refractivity contribution in [3.05, 3.63) is 22.6 Å². The molecule has 3 rings (SSSR count). The third-order valence-electron chi connectivity index (χ3n) is 4.39. The summed E-state index contributed by atoms with van der Waals surface area (Å²) in [6.07, 6.45) is 8.19. The molecule has 0 aliphatic heterocycles. The van der Waals surface area contributed by atoms with Crippen LogP contribution in [0, 0.1) is 5.92 Å². The summed E-state index contributed by atoms with van der Waals surface area (Å²) in [5.74, 6) is 2.22. The minimum Gasteiger partial charge on any atom is -0.309 e. The largest absolute Gasteiger partial charge is 0.309 e. The lowest BCUT2D eigenvalue weighted by atomic mass is 9.84. The summed E-state index contributed by atoms with van der Waals surface area (Å²) in [6, 6.07) is 2.52. The van der Waals surface area contributed by atoms with Crippen molar-refractivity contribution in [1.82, 2.24) is 14.5 Å². The standard InChI is InChI=1S/C15H19BrClN3/c1-2-10-4-3-5-12(6-10)20-14(8-17)19-13-7-11(16)9-18-15(13)20/h7,9-10,12H,2-6,8H2,1H3. The highest BCUT2D eigenvalue weighted by Crippen LogP contribution is 2.37. The number of rotatable bonds is 3. The van der Waals surface area contributed by atoms with Crippen LogP contribution in [0.3, 0.4) is 0 Å². The number of pyridine rings is 1. The highest BCUT2D eigenvalue weighted by atomic mass is 79.9. The van der Waals surface area contributed by atoms with E-state index in [0.717, 1.165) is 27.4 Å². The molecule has 2 aromatic heterocycles. The van der Waals surface area contributed by atoms with Gasteiger partial charge >= 0.3 is 0 Å². The fraction of sp³-hybridized carbons (Fsp3) is 0.600. The molecular formula is C15H19BrClN3. The van der Waals surface area contributed by atoms with Crippen molar-refractivity contribution >= 4 is 38.7 Å². The van der Waals surface area contributed by atoms with E-state index in [1.54, 1.807) is 0 Å². The van der Waals surface area contributed by atoms with Crippen LogP contribution >= 0.6 is 27.5 Å². The smallest absolute Gasteiger partial charge is 0.160 e. The summed E-state index contributed by atoms with van der Waals surface area (Å²) in [5.41, 5.74) is 1.92. The normalized spacial score (nSPS) is 23.4. The van der Waals surface area contributed by atoms with Crippen molar-refractivity contribution in [1.29, 1.82) is 0 Å². The number of hydrogen-bond acceptors (Lipinski definition) is 2. The van der Waals surface area contributed by atoms with Gasteiger partial charge < -0.3 is 4.57 Å². The van der Waals surface area contributed by atoms with Gasteiger partial charge in [0.25, 0.3) is 0 Å². The third kappa shape index (κ3) is 2.60. The highest BCUT2D eigenvalue weighted by Gasteiger charge is 2.26. The number of alkyl halides is 1. The second-order valence-corrected chi connectivity index (χ2v) is 6.81. The van der Waals surface area contributed by atoms with Crippen molar-refractivity contribution in [2.24, 2.45) is 5.92 Å². The van der Waals surface area contributed by atoms with E-state index in [2.05, 4.69) is 37.4 Å². The van der Waals surface area contributed by atoms with Gasteiger partial charge in [-0.25, -0.2) is 9.97 Å². The number of aromatic nitrogens is 3. The zero-order valence-corrected chi connectivity index (χ0v) is 14.0. The maximum absolute atomic E-state index is 6.11.